The third-order valence-corrected chi connectivity index (χ3v) is 6.63. The summed E-state index contributed by atoms with van der Waals surface area (Å²) in [5.41, 5.74) is 0.648. The molecule has 1 unspecified atom stereocenters. The summed E-state index contributed by atoms with van der Waals surface area (Å²) in [7, 11) is 2.99. The highest BCUT2D eigenvalue weighted by atomic mass is 127. The standard InChI is InChI=1S/C18H26INO4S/c1-11-5-7-13(8-6-11)17(21)20(12(2)10-23-3)14-9-15(19)25-16(14)18(22)24-4/h9,11-13H,5-8,10H2,1-4H3. The van der Waals surface area contributed by atoms with Gasteiger partial charge in [0.15, 0.2) is 0 Å². The molecule has 0 spiro atoms. The maximum atomic E-state index is 13.3. The van der Waals surface area contributed by atoms with Gasteiger partial charge >= 0.3 is 5.97 Å². The Hall–Kier alpha value is -0.670. The van der Waals surface area contributed by atoms with Crippen LogP contribution >= 0.6 is 33.9 Å². The van der Waals surface area contributed by atoms with Crippen LogP contribution < -0.4 is 4.90 Å². The first-order valence-corrected chi connectivity index (χ1v) is 10.5. The number of halogens is 1. The minimum atomic E-state index is -0.400. The molecule has 5 nitrogen and oxygen atoms in total. The summed E-state index contributed by atoms with van der Waals surface area (Å²) in [5.74, 6) is 0.388. The third kappa shape index (κ3) is 4.95. The van der Waals surface area contributed by atoms with Crippen molar-refractivity contribution >= 4 is 51.5 Å². The van der Waals surface area contributed by atoms with Gasteiger partial charge in [-0.15, -0.1) is 11.3 Å². The summed E-state index contributed by atoms with van der Waals surface area (Å²) in [6.45, 7) is 4.61. The van der Waals surface area contributed by atoms with E-state index in [1.165, 1.54) is 18.4 Å². The third-order valence-electron chi connectivity index (χ3n) is 4.76. The SMILES string of the molecule is COCC(C)N(C(=O)C1CCC(C)CC1)c1cc(I)sc1C(=O)OC. The highest BCUT2D eigenvalue weighted by Gasteiger charge is 2.34. The van der Waals surface area contributed by atoms with Gasteiger partial charge < -0.3 is 14.4 Å². The van der Waals surface area contributed by atoms with E-state index in [0.717, 1.165) is 28.6 Å². The molecule has 0 bridgehead atoms. The van der Waals surface area contributed by atoms with Gasteiger partial charge in [0.05, 0.1) is 28.3 Å². The van der Waals surface area contributed by atoms with E-state index in [2.05, 4.69) is 29.5 Å². The van der Waals surface area contributed by atoms with E-state index in [1.807, 2.05) is 13.0 Å². The Labute approximate surface area is 167 Å². The molecule has 1 fully saturated rings. The Morgan fingerprint density at radius 3 is 2.52 bits per heavy atom. The zero-order valence-corrected chi connectivity index (χ0v) is 18.2. The van der Waals surface area contributed by atoms with Gasteiger partial charge in [0, 0.05) is 13.0 Å². The van der Waals surface area contributed by atoms with E-state index in [-0.39, 0.29) is 17.9 Å². The Bertz CT molecular complexity index is 610. The molecule has 0 aliphatic heterocycles. The van der Waals surface area contributed by atoms with Crippen LogP contribution in [0.15, 0.2) is 6.07 Å². The minimum Gasteiger partial charge on any atom is -0.465 e. The van der Waals surface area contributed by atoms with E-state index in [1.54, 1.807) is 12.0 Å². The van der Waals surface area contributed by atoms with E-state index in [9.17, 15) is 9.59 Å². The molecule has 140 valence electrons. The van der Waals surface area contributed by atoms with Crippen molar-refractivity contribution in [2.24, 2.45) is 11.8 Å². The normalized spacial score (nSPS) is 21.6. The second kappa shape index (κ2) is 9.32. The summed E-state index contributed by atoms with van der Waals surface area (Å²) in [5, 5.41) is 0. The number of hydrogen-bond donors (Lipinski definition) is 0. The van der Waals surface area contributed by atoms with Gasteiger partial charge in [-0.1, -0.05) is 6.92 Å². The van der Waals surface area contributed by atoms with Crippen LogP contribution in [0.4, 0.5) is 5.69 Å². The molecule has 7 heteroatoms. The van der Waals surface area contributed by atoms with Crippen molar-refractivity contribution < 1.29 is 19.1 Å². The maximum Gasteiger partial charge on any atom is 0.350 e. The number of amides is 1. The summed E-state index contributed by atoms with van der Waals surface area (Å²) in [4.78, 5) is 27.7. The van der Waals surface area contributed by atoms with Gasteiger partial charge in [-0.2, -0.15) is 0 Å². The monoisotopic (exact) mass is 479 g/mol. The molecule has 1 saturated carbocycles. The zero-order valence-electron chi connectivity index (χ0n) is 15.2. The number of methoxy groups -OCH3 is 2. The number of ether oxygens (including phenoxy) is 2. The van der Waals surface area contributed by atoms with Gasteiger partial charge in [0.1, 0.15) is 4.88 Å². The van der Waals surface area contributed by atoms with Crippen molar-refractivity contribution in [3.05, 3.63) is 13.8 Å². The smallest absolute Gasteiger partial charge is 0.350 e. The van der Waals surface area contributed by atoms with Crippen LogP contribution in [0.3, 0.4) is 0 Å². The summed E-state index contributed by atoms with van der Waals surface area (Å²) in [6, 6.07) is 1.75. The van der Waals surface area contributed by atoms with Crippen molar-refractivity contribution in [3.8, 4) is 0 Å². The molecule has 2 rings (SSSR count). The molecule has 1 amide bonds. The Kier molecular flexibility index (Phi) is 7.69. The predicted molar refractivity (Wildman–Crippen MR) is 108 cm³/mol. The number of thiophene rings is 1. The van der Waals surface area contributed by atoms with Crippen LogP contribution in [0.2, 0.25) is 0 Å². The minimum absolute atomic E-state index is 0.0126. The topological polar surface area (TPSA) is 55.8 Å². The number of rotatable bonds is 6. The van der Waals surface area contributed by atoms with E-state index in [0.29, 0.717) is 23.1 Å². The second-order valence-corrected chi connectivity index (χ2v) is 9.67. The van der Waals surface area contributed by atoms with Crippen LogP contribution in [-0.2, 0) is 14.3 Å². The summed E-state index contributed by atoms with van der Waals surface area (Å²) < 4.78 is 11.2. The molecular formula is C18H26INO4S. The highest BCUT2D eigenvalue weighted by molar-refractivity contribution is 14.1. The number of carbonyl (C=O) groups excluding carboxylic acids is 2. The largest absolute Gasteiger partial charge is 0.465 e. The predicted octanol–water partition coefficient (Wildman–Crippen LogP) is 4.33. The molecule has 0 N–H and O–H groups in total. The maximum absolute atomic E-state index is 13.3. The average Bonchev–Trinajstić information content (AvgIpc) is 2.96. The quantitative estimate of drug-likeness (QED) is 0.450. The fraction of sp³-hybridized carbons (Fsp3) is 0.667. The van der Waals surface area contributed by atoms with Crippen molar-refractivity contribution in [1.29, 1.82) is 0 Å². The van der Waals surface area contributed by atoms with Crippen LogP contribution in [0.25, 0.3) is 0 Å². The van der Waals surface area contributed by atoms with Crippen LogP contribution in [0.1, 0.15) is 49.2 Å². The lowest BCUT2D eigenvalue weighted by atomic mass is 9.82. The molecule has 1 aliphatic rings. The Balaban J connectivity index is 2.36. The van der Waals surface area contributed by atoms with Gasteiger partial charge in [-0.05, 0) is 67.2 Å². The second-order valence-electron chi connectivity index (χ2n) is 6.73. The molecule has 1 aromatic rings. The number of carbonyl (C=O) groups is 2. The van der Waals surface area contributed by atoms with Crippen molar-refractivity contribution in [2.45, 2.75) is 45.6 Å². The van der Waals surface area contributed by atoms with E-state index in [4.69, 9.17) is 9.47 Å². The van der Waals surface area contributed by atoms with Gasteiger partial charge in [-0.3, -0.25) is 4.79 Å². The lowest BCUT2D eigenvalue weighted by molar-refractivity contribution is -0.124. The first-order chi connectivity index (χ1) is 11.9. The Morgan fingerprint density at radius 1 is 1.32 bits per heavy atom. The van der Waals surface area contributed by atoms with Gasteiger partial charge in [0.2, 0.25) is 5.91 Å². The molecular weight excluding hydrogens is 453 g/mol. The van der Waals surface area contributed by atoms with Crippen molar-refractivity contribution in [1.82, 2.24) is 0 Å². The summed E-state index contributed by atoms with van der Waals surface area (Å²) in [6.07, 6.45) is 3.97. The van der Waals surface area contributed by atoms with Crippen LogP contribution in [-0.4, -0.2) is 38.7 Å². The highest BCUT2D eigenvalue weighted by Crippen LogP contribution is 2.36. The molecule has 25 heavy (non-hydrogen) atoms. The molecule has 1 heterocycles. The molecule has 1 aromatic heterocycles. The number of esters is 1. The molecule has 0 radical (unpaired) electrons. The first kappa shape index (κ1) is 20.6. The number of anilines is 1. The molecule has 1 atom stereocenters. The fourth-order valence-electron chi connectivity index (χ4n) is 3.36. The number of hydrogen-bond acceptors (Lipinski definition) is 5. The summed E-state index contributed by atoms with van der Waals surface area (Å²) >= 11 is 3.53. The number of nitrogens with zero attached hydrogens (tertiary/aromatic N) is 1. The van der Waals surface area contributed by atoms with Gasteiger partial charge in [0.25, 0.3) is 0 Å². The van der Waals surface area contributed by atoms with Crippen LogP contribution in [0, 0.1) is 14.7 Å². The lowest BCUT2D eigenvalue weighted by Crippen LogP contribution is -2.45. The zero-order chi connectivity index (χ0) is 18.6. The van der Waals surface area contributed by atoms with E-state index >= 15 is 0 Å². The fourth-order valence-corrected chi connectivity index (χ4v) is 5.11. The molecule has 1 aliphatic carbocycles. The Morgan fingerprint density at radius 2 is 1.96 bits per heavy atom. The van der Waals surface area contributed by atoms with E-state index < -0.39 is 5.97 Å². The van der Waals surface area contributed by atoms with Gasteiger partial charge in [-0.25, -0.2) is 4.79 Å². The molecule has 0 aromatic carbocycles. The van der Waals surface area contributed by atoms with Crippen LogP contribution in [0.5, 0.6) is 0 Å². The molecule has 0 saturated heterocycles. The van der Waals surface area contributed by atoms with Crippen molar-refractivity contribution in [2.75, 3.05) is 25.7 Å². The lowest BCUT2D eigenvalue weighted by Gasteiger charge is -2.34. The van der Waals surface area contributed by atoms with Crippen molar-refractivity contribution in [3.63, 3.8) is 0 Å². The average molecular weight is 479 g/mol. The first-order valence-electron chi connectivity index (χ1n) is 8.58.